The number of hydrogen-bond acceptors (Lipinski definition) is 2. The van der Waals surface area contributed by atoms with E-state index in [1.165, 1.54) is 21.7 Å². The Morgan fingerprint density at radius 1 is 1.12 bits per heavy atom. The maximum absolute atomic E-state index is 12.3. The molecule has 1 aliphatic heterocycles. The number of anilines is 2. The minimum atomic E-state index is 0.0752. The van der Waals surface area contributed by atoms with Gasteiger partial charge >= 0.3 is 0 Å². The third kappa shape index (κ3) is 4.74. The van der Waals surface area contributed by atoms with Crippen molar-refractivity contribution in [2.75, 3.05) is 42.9 Å². The van der Waals surface area contributed by atoms with Crippen LogP contribution in [0.2, 0.25) is 5.02 Å². The Kier molecular flexibility index (Phi) is 5.61. The molecule has 1 heterocycles. The van der Waals surface area contributed by atoms with Crippen molar-refractivity contribution in [1.29, 1.82) is 0 Å². The molecule has 0 atom stereocenters. The van der Waals surface area contributed by atoms with Gasteiger partial charge in [-0.25, -0.2) is 0 Å². The van der Waals surface area contributed by atoms with Gasteiger partial charge < -0.3 is 15.1 Å². The summed E-state index contributed by atoms with van der Waals surface area (Å²) in [6.45, 7) is 8.44. The van der Waals surface area contributed by atoms with Crippen LogP contribution in [0.4, 0.5) is 11.4 Å². The number of piperazine rings is 1. The minimum absolute atomic E-state index is 0.0752. The van der Waals surface area contributed by atoms with Crippen LogP contribution in [-0.4, -0.2) is 38.6 Å². The molecule has 2 aromatic rings. The first-order valence-electron chi connectivity index (χ1n) is 8.72. The molecule has 0 radical (unpaired) electrons. The number of nitrogens with zero attached hydrogens (tertiary/aromatic N) is 1. The normalized spacial score (nSPS) is 15.2. The minimum Gasteiger partial charge on any atom is -0.360 e. The number of rotatable bonds is 4. The van der Waals surface area contributed by atoms with Crippen molar-refractivity contribution in [1.82, 2.24) is 0 Å². The Hall–Kier alpha value is -2.04. The molecule has 25 heavy (non-hydrogen) atoms. The third-order valence-corrected chi connectivity index (χ3v) is 4.96. The van der Waals surface area contributed by atoms with Crippen molar-refractivity contribution in [2.24, 2.45) is 0 Å². The molecule has 1 saturated heterocycles. The average Bonchev–Trinajstić information content (AvgIpc) is 2.60. The lowest BCUT2D eigenvalue weighted by molar-refractivity contribution is -0.892. The van der Waals surface area contributed by atoms with E-state index in [0.29, 0.717) is 6.54 Å². The van der Waals surface area contributed by atoms with Crippen LogP contribution in [0.5, 0.6) is 0 Å². The molecular formula is C20H25ClN3O+. The van der Waals surface area contributed by atoms with Gasteiger partial charge in [-0.1, -0.05) is 35.4 Å². The van der Waals surface area contributed by atoms with Crippen LogP contribution in [0.1, 0.15) is 11.1 Å². The second-order valence-electron chi connectivity index (χ2n) is 6.76. The summed E-state index contributed by atoms with van der Waals surface area (Å²) in [5.41, 5.74) is 4.50. The largest absolute Gasteiger partial charge is 0.360 e. The lowest BCUT2D eigenvalue weighted by Gasteiger charge is -2.34. The van der Waals surface area contributed by atoms with Gasteiger partial charge in [0.2, 0.25) is 0 Å². The van der Waals surface area contributed by atoms with E-state index in [1.807, 2.05) is 43.3 Å². The Balaban J connectivity index is 1.51. The van der Waals surface area contributed by atoms with Gasteiger partial charge in [-0.15, -0.1) is 0 Å². The van der Waals surface area contributed by atoms with Crippen LogP contribution < -0.4 is 15.1 Å². The predicted octanol–water partition coefficient (Wildman–Crippen LogP) is 2.30. The Morgan fingerprint density at radius 2 is 1.80 bits per heavy atom. The molecule has 0 saturated carbocycles. The van der Waals surface area contributed by atoms with E-state index in [2.05, 4.69) is 23.2 Å². The Labute approximate surface area is 154 Å². The molecule has 0 aliphatic carbocycles. The fraction of sp³-hybridized carbons (Fsp3) is 0.350. The Morgan fingerprint density at radius 3 is 2.48 bits per heavy atom. The second kappa shape index (κ2) is 7.89. The fourth-order valence-electron chi connectivity index (χ4n) is 3.23. The zero-order valence-electron chi connectivity index (χ0n) is 14.8. The molecule has 0 aromatic heterocycles. The smallest absolute Gasteiger partial charge is 0.279 e. The first kappa shape index (κ1) is 17.8. The van der Waals surface area contributed by atoms with Crippen LogP contribution in [0, 0.1) is 13.8 Å². The summed E-state index contributed by atoms with van der Waals surface area (Å²) in [6, 6.07) is 13.9. The van der Waals surface area contributed by atoms with Gasteiger partial charge in [-0.3, -0.25) is 4.79 Å². The molecule has 1 amide bonds. The van der Waals surface area contributed by atoms with Gasteiger partial charge in [0.15, 0.2) is 6.54 Å². The number of amides is 1. The number of hydrogen-bond donors (Lipinski definition) is 2. The number of carbonyl (C=O) groups excluding carboxylic acids is 1. The van der Waals surface area contributed by atoms with Gasteiger partial charge in [-0.2, -0.15) is 0 Å². The van der Waals surface area contributed by atoms with E-state index in [-0.39, 0.29) is 5.91 Å². The molecule has 5 heteroatoms. The zero-order chi connectivity index (χ0) is 17.8. The summed E-state index contributed by atoms with van der Waals surface area (Å²) >= 11 is 6.14. The van der Waals surface area contributed by atoms with Gasteiger partial charge in [0.1, 0.15) is 0 Å². The summed E-state index contributed by atoms with van der Waals surface area (Å²) in [5, 5.41) is 3.76. The van der Waals surface area contributed by atoms with Crippen LogP contribution in [0.3, 0.4) is 0 Å². The average molecular weight is 359 g/mol. The molecule has 0 bridgehead atoms. The number of halogens is 1. The number of aryl methyl sites for hydroxylation is 2. The number of nitrogens with one attached hydrogen (secondary N) is 2. The maximum Gasteiger partial charge on any atom is 0.279 e. The van der Waals surface area contributed by atoms with E-state index in [4.69, 9.17) is 11.6 Å². The monoisotopic (exact) mass is 358 g/mol. The van der Waals surface area contributed by atoms with Crippen LogP contribution in [0.15, 0.2) is 42.5 Å². The van der Waals surface area contributed by atoms with Gasteiger partial charge in [0.25, 0.3) is 5.91 Å². The van der Waals surface area contributed by atoms with E-state index in [9.17, 15) is 4.79 Å². The summed E-state index contributed by atoms with van der Waals surface area (Å²) in [5.74, 6) is 0.0752. The summed E-state index contributed by atoms with van der Waals surface area (Å²) < 4.78 is 0. The lowest BCUT2D eigenvalue weighted by atomic mass is 10.1. The van der Waals surface area contributed by atoms with Crippen molar-refractivity contribution in [3.63, 3.8) is 0 Å². The highest BCUT2D eigenvalue weighted by Crippen LogP contribution is 2.24. The number of benzene rings is 2. The van der Waals surface area contributed by atoms with Crippen molar-refractivity contribution in [3.8, 4) is 0 Å². The third-order valence-electron chi connectivity index (χ3n) is 4.73. The predicted molar refractivity (Wildman–Crippen MR) is 104 cm³/mol. The SMILES string of the molecule is Cc1ccc(NC(=O)C[NH+]2CCN(c3cc(Cl)ccc3C)CC2)cc1. The van der Waals surface area contributed by atoms with Crippen LogP contribution >= 0.6 is 11.6 Å². The van der Waals surface area contributed by atoms with E-state index in [0.717, 1.165) is 36.9 Å². The molecule has 0 spiro atoms. The Bertz CT molecular complexity index is 737. The first-order chi connectivity index (χ1) is 12.0. The van der Waals surface area contributed by atoms with E-state index < -0.39 is 0 Å². The van der Waals surface area contributed by atoms with Gasteiger partial charge in [0, 0.05) is 16.4 Å². The van der Waals surface area contributed by atoms with Gasteiger partial charge in [-0.05, 0) is 43.7 Å². The van der Waals surface area contributed by atoms with Crippen molar-refractivity contribution in [3.05, 3.63) is 58.6 Å². The maximum atomic E-state index is 12.3. The highest BCUT2D eigenvalue weighted by atomic mass is 35.5. The highest BCUT2D eigenvalue weighted by molar-refractivity contribution is 6.30. The van der Waals surface area contributed by atoms with Crippen LogP contribution in [0.25, 0.3) is 0 Å². The fourth-order valence-corrected chi connectivity index (χ4v) is 3.40. The lowest BCUT2D eigenvalue weighted by Crippen LogP contribution is -3.15. The number of carbonyl (C=O) groups is 1. The molecule has 4 nitrogen and oxygen atoms in total. The summed E-state index contributed by atoms with van der Waals surface area (Å²) in [7, 11) is 0. The molecule has 1 aliphatic rings. The quantitative estimate of drug-likeness (QED) is 0.880. The van der Waals surface area contributed by atoms with Crippen molar-refractivity contribution < 1.29 is 9.69 Å². The van der Waals surface area contributed by atoms with Gasteiger partial charge in [0.05, 0.1) is 26.2 Å². The van der Waals surface area contributed by atoms with Crippen molar-refractivity contribution >= 4 is 28.9 Å². The standard InChI is InChI=1S/C20H24ClN3O/c1-15-3-7-18(8-4-15)22-20(25)14-23-9-11-24(12-10-23)19-13-17(21)6-5-16(19)2/h3-8,13H,9-12,14H2,1-2H3,(H,22,25)/p+1. The summed E-state index contributed by atoms with van der Waals surface area (Å²) in [6.07, 6.45) is 0. The molecule has 1 fully saturated rings. The molecular weight excluding hydrogens is 334 g/mol. The second-order valence-corrected chi connectivity index (χ2v) is 7.20. The topological polar surface area (TPSA) is 36.8 Å². The zero-order valence-corrected chi connectivity index (χ0v) is 15.6. The van der Waals surface area contributed by atoms with Crippen molar-refractivity contribution in [2.45, 2.75) is 13.8 Å². The summed E-state index contributed by atoms with van der Waals surface area (Å²) in [4.78, 5) is 15.9. The highest BCUT2D eigenvalue weighted by Gasteiger charge is 2.23. The van der Waals surface area contributed by atoms with Crippen LogP contribution in [-0.2, 0) is 4.79 Å². The molecule has 3 rings (SSSR count). The molecule has 2 N–H and O–H groups in total. The first-order valence-corrected chi connectivity index (χ1v) is 9.10. The van der Waals surface area contributed by atoms with E-state index in [1.54, 1.807) is 0 Å². The molecule has 2 aromatic carbocycles. The molecule has 0 unspecified atom stereocenters. The molecule has 132 valence electrons. The number of quaternary nitrogens is 1. The van der Waals surface area contributed by atoms with E-state index >= 15 is 0 Å².